The highest BCUT2D eigenvalue weighted by molar-refractivity contribution is 5.81. The molecule has 0 aliphatic carbocycles. The van der Waals surface area contributed by atoms with Gasteiger partial charge in [-0.15, -0.1) is 0 Å². The lowest BCUT2D eigenvalue weighted by atomic mass is 10.1. The van der Waals surface area contributed by atoms with Crippen LogP contribution in [0.2, 0.25) is 0 Å². The van der Waals surface area contributed by atoms with Crippen molar-refractivity contribution < 1.29 is 4.92 Å². The Morgan fingerprint density at radius 3 is 2.94 bits per heavy atom. The molecule has 4 aromatic rings. The molecule has 2 atom stereocenters. The molecule has 2 aromatic heterocycles. The lowest BCUT2D eigenvalue weighted by molar-refractivity contribution is -0.384. The molecule has 2 aliphatic heterocycles. The predicted molar refractivity (Wildman–Crippen MR) is 134 cm³/mol. The highest BCUT2D eigenvalue weighted by Crippen LogP contribution is 2.30. The van der Waals surface area contributed by atoms with Crippen molar-refractivity contribution in [3.63, 3.8) is 0 Å². The van der Waals surface area contributed by atoms with Crippen molar-refractivity contribution >= 4 is 28.4 Å². The van der Waals surface area contributed by atoms with Crippen LogP contribution >= 0.6 is 0 Å². The first-order valence-corrected chi connectivity index (χ1v) is 11.9. The van der Waals surface area contributed by atoms with Gasteiger partial charge in [0.2, 0.25) is 5.95 Å². The normalized spacial score (nSPS) is 18.7. The number of hydrogen-bond acceptors (Lipinski definition) is 8. The van der Waals surface area contributed by atoms with Crippen molar-refractivity contribution in [2.24, 2.45) is 0 Å². The first-order chi connectivity index (χ1) is 17.0. The molecule has 2 saturated heterocycles. The number of anilines is 2. The Hall–Kier alpha value is -4.05. The second-order valence-electron chi connectivity index (χ2n) is 9.22. The molecule has 2 aromatic carbocycles. The van der Waals surface area contributed by atoms with E-state index in [1.165, 1.54) is 31.1 Å². The molecule has 10 heteroatoms. The summed E-state index contributed by atoms with van der Waals surface area (Å²) < 4.78 is 1.95. The van der Waals surface area contributed by atoms with Gasteiger partial charge in [0.25, 0.3) is 5.69 Å². The summed E-state index contributed by atoms with van der Waals surface area (Å²) in [5.41, 5.74) is 3.95. The van der Waals surface area contributed by atoms with Gasteiger partial charge in [-0.1, -0.05) is 12.1 Å². The molecule has 10 nitrogen and oxygen atoms in total. The number of fused-ring (bicyclic) bond motifs is 2. The van der Waals surface area contributed by atoms with Crippen LogP contribution in [0.15, 0.2) is 61.1 Å². The summed E-state index contributed by atoms with van der Waals surface area (Å²) in [6.07, 6.45) is 6.08. The molecule has 178 valence electrons. The fraction of sp³-hybridized carbons (Fsp3) is 0.320. The molecule has 1 N–H and O–H groups in total. The monoisotopic (exact) mass is 470 g/mol. The molecule has 6 rings (SSSR count). The molecule has 2 aliphatic rings. The number of aromatic nitrogens is 4. The molecule has 2 fully saturated rings. The predicted octanol–water partition coefficient (Wildman–Crippen LogP) is 4.14. The minimum absolute atomic E-state index is 0.0596. The Kier molecular flexibility index (Phi) is 5.29. The lowest BCUT2D eigenvalue weighted by Gasteiger charge is -2.19. The Balaban J connectivity index is 1.23. The van der Waals surface area contributed by atoms with Crippen LogP contribution in [0.25, 0.3) is 16.9 Å². The number of nitrogens with zero attached hydrogens (tertiary/aromatic N) is 7. The van der Waals surface area contributed by atoms with Gasteiger partial charge in [-0.3, -0.25) is 19.6 Å². The number of benzene rings is 2. The van der Waals surface area contributed by atoms with Gasteiger partial charge in [-0.05, 0) is 49.6 Å². The highest BCUT2D eigenvalue weighted by Gasteiger charge is 2.33. The molecule has 35 heavy (non-hydrogen) atoms. The summed E-state index contributed by atoms with van der Waals surface area (Å²) in [5, 5.41) is 14.4. The molecule has 4 heterocycles. The van der Waals surface area contributed by atoms with E-state index in [4.69, 9.17) is 0 Å². The fourth-order valence-electron chi connectivity index (χ4n) is 5.12. The van der Waals surface area contributed by atoms with Crippen molar-refractivity contribution in [3.05, 3.63) is 76.7 Å². The van der Waals surface area contributed by atoms with Gasteiger partial charge < -0.3 is 10.2 Å². The maximum Gasteiger partial charge on any atom is 0.269 e. The quantitative estimate of drug-likeness (QED) is 0.331. The number of nitrogens with one attached hydrogen (secondary N) is 1. The maximum atomic E-state index is 11.1. The Bertz CT molecular complexity index is 1390. The van der Waals surface area contributed by atoms with E-state index in [2.05, 4.69) is 48.3 Å². The van der Waals surface area contributed by atoms with Crippen molar-refractivity contribution in [2.75, 3.05) is 30.0 Å². The highest BCUT2D eigenvalue weighted by atomic mass is 16.6. The van der Waals surface area contributed by atoms with Gasteiger partial charge in [0, 0.05) is 43.1 Å². The Labute approximate surface area is 202 Å². The van der Waals surface area contributed by atoms with Gasteiger partial charge in [0.15, 0.2) is 0 Å². The molecule has 0 bridgehead atoms. The third-order valence-corrected chi connectivity index (χ3v) is 6.99. The van der Waals surface area contributed by atoms with Crippen LogP contribution in [-0.2, 0) is 0 Å². The SMILES string of the molecule is CC(Nc1nccc(-n2cnc3cc(N4CC5CCCN5C4)ccc32)n1)c1cccc([N+](=O)[O-])c1. The van der Waals surface area contributed by atoms with Crippen molar-refractivity contribution in [2.45, 2.75) is 31.8 Å². The average molecular weight is 471 g/mol. The smallest absolute Gasteiger partial charge is 0.269 e. The van der Waals surface area contributed by atoms with Crippen molar-refractivity contribution in [3.8, 4) is 5.82 Å². The minimum atomic E-state index is -0.393. The summed E-state index contributed by atoms with van der Waals surface area (Å²) in [4.78, 5) is 29.4. The largest absolute Gasteiger partial charge is 0.357 e. The van der Waals surface area contributed by atoms with Gasteiger partial charge >= 0.3 is 0 Å². The van der Waals surface area contributed by atoms with Crippen LogP contribution in [0.1, 0.15) is 31.4 Å². The van der Waals surface area contributed by atoms with E-state index in [9.17, 15) is 10.1 Å². The van der Waals surface area contributed by atoms with Gasteiger partial charge in [-0.25, -0.2) is 9.97 Å². The van der Waals surface area contributed by atoms with E-state index >= 15 is 0 Å². The van der Waals surface area contributed by atoms with Crippen LogP contribution in [0, 0.1) is 10.1 Å². The Morgan fingerprint density at radius 1 is 1.17 bits per heavy atom. The first kappa shape index (κ1) is 21.5. The zero-order valence-electron chi connectivity index (χ0n) is 19.4. The van der Waals surface area contributed by atoms with Gasteiger partial charge in [-0.2, -0.15) is 4.98 Å². The standard InChI is InChI=1S/C25H26N8O2/c1-17(18-4-2-5-20(12-18)33(34)35)28-25-26-10-9-24(29-25)32-15-27-22-13-19(7-8-23(22)32)31-14-21-6-3-11-30(21)16-31/h2,4-5,7-10,12-13,15,17,21H,3,6,11,14,16H2,1H3,(H,26,28,29). The van der Waals surface area contributed by atoms with E-state index in [1.807, 2.05) is 23.6 Å². The average Bonchev–Trinajstić information content (AvgIpc) is 3.59. The van der Waals surface area contributed by atoms with Crippen LogP contribution in [0.3, 0.4) is 0 Å². The summed E-state index contributed by atoms with van der Waals surface area (Å²) >= 11 is 0. The zero-order chi connectivity index (χ0) is 23.9. The third-order valence-electron chi connectivity index (χ3n) is 6.99. The number of nitro benzene ring substituents is 1. The van der Waals surface area contributed by atoms with E-state index in [-0.39, 0.29) is 11.7 Å². The summed E-state index contributed by atoms with van der Waals surface area (Å²) in [7, 11) is 0. The summed E-state index contributed by atoms with van der Waals surface area (Å²) in [6.45, 7) is 5.19. The number of non-ortho nitro benzene ring substituents is 1. The minimum Gasteiger partial charge on any atom is -0.357 e. The van der Waals surface area contributed by atoms with E-state index in [0.717, 1.165) is 29.8 Å². The molecular formula is C25H26N8O2. The second-order valence-corrected chi connectivity index (χ2v) is 9.22. The van der Waals surface area contributed by atoms with E-state index < -0.39 is 4.92 Å². The molecule has 0 radical (unpaired) electrons. The number of hydrogen-bond donors (Lipinski definition) is 1. The van der Waals surface area contributed by atoms with E-state index in [0.29, 0.717) is 17.8 Å². The molecular weight excluding hydrogens is 444 g/mol. The maximum absolute atomic E-state index is 11.1. The fourth-order valence-corrected chi connectivity index (χ4v) is 5.12. The number of imidazole rings is 1. The van der Waals surface area contributed by atoms with Gasteiger partial charge in [0.05, 0.1) is 28.7 Å². The van der Waals surface area contributed by atoms with E-state index in [1.54, 1.807) is 24.7 Å². The lowest BCUT2D eigenvalue weighted by Crippen LogP contribution is -2.25. The third kappa shape index (κ3) is 4.06. The summed E-state index contributed by atoms with van der Waals surface area (Å²) in [6, 6.07) is 15.3. The summed E-state index contributed by atoms with van der Waals surface area (Å²) in [5.74, 6) is 1.14. The van der Waals surface area contributed by atoms with Crippen molar-refractivity contribution in [1.29, 1.82) is 0 Å². The van der Waals surface area contributed by atoms with Crippen LogP contribution in [0.5, 0.6) is 0 Å². The molecule has 0 spiro atoms. The molecule has 0 saturated carbocycles. The Morgan fingerprint density at radius 2 is 2.09 bits per heavy atom. The number of nitro groups is 1. The van der Waals surface area contributed by atoms with Gasteiger partial charge in [0.1, 0.15) is 12.1 Å². The van der Waals surface area contributed by atoms with Crippen LogP contribution in [-0.4, -0.2) is 55.1 Å². The van der Waals surface area contributed by atoms with Crippen LogP contribution in [0.4, 0.5) is 17.3 Å². The molecule has 0 amide bonds. The molecule has 2 unspecified atom stereocenters. The second kappa shape index (κ2) is 8.62. The first-order valence-electron chi connectivity index (χ1n) is 11.9. The van der Waals surface area contributed by atoms with Crippen LogP contribution < -0.4 is 10.2 Å². The van der Waals surface area contributed by atoms with Crippen molar-refractivity contribution in [1.82, 2.24) is 24.4 Å². The zero-order valence-corrected chi connectivity index (χ0v) is 19.4. The number of rotatable bonds is 6. The topological polar surface area (TPSA) is 105 Å².